The van der Waals surface area contributed by atoms with Crippen LogP contribution in [0.4, 0.5) is 5.69 Å². The number of nitrogens with one attached hydrogen (secondary N) is 1. The maximum Gasteiger partial charge on any atom is 0.238 e. The van der Waals surface area contributed by atoms with E-state index in [2.05, 4.69) is 10.3 Å². The molecule has 6 heteroatoms. The fraction of sp³-hybridized carbons (Fsp3) is 0.429. The van der Waals surface area contributed by atoms with Gasteiger partial charge in [0.1, 0.15) is 11.8 Å². The second kappa shape index (κ2) is 8.28. The van der Waals surface area contributed by atoms with E-state index in [1.54, 1.807) is 24.3 Å². The van der Waals surface area contributed by atoms with Crippen LogP contribution in [0.25, 0.3) is 0 Å². The molecule has 0 aliphatic carbocycles. The molecule has 5 nitrogen and oxygen atoms in total. The Hall–Kier alpha value is -2.11. The fourth-order valence-corrected chi connectivity index (χ4v) is 2.99. The molecule has 0 fully saturated rings. The lowest BCUT2D eigenvalue weighted by Gasteiger charge is -2.25. The highest BCUT2D eigenvalue weighted by Crippen LogP contribution is 2.39. The van der Waals surface area contributed by atoms with Crippen molar-refractivity contribution >= 4 is 23.2 Å². The van der Waals surface area contributed by atoms with Crippen LogP contribution in [-0.2, 0) is 11.2 Å². The van der Waals surface area contributed by atoms with E-state index in [-0.39, 0.29) is 11.8 Å². The number of aromatic nitrogens is 1. The number of aliphatic hydroxyl groups excluding tert-OH is 1. The smallest absolute Gasteiger partial charge is 0.238 e. The number of pyridine rings is 1. The fourth-order valence-electron chi connectivity index (χ4n) is 2.87. The predicted octanol–water partition coefficient (Wildman–Crippen LogP) is 4.68. The normalized spacial score (nSPS) is 12.6. The molecule has 0 bridgehead atoms. The zero-order valence-electron chi connectivity index (χ0n) is 16.7. The number of halogens is 1. The average molecular weight is 391 g/mol. The van der Waals surface area contributed by atoms with Crippen molar-refractivity contribution < 1.29 is 14.6 Å². The molecule has 1 atom stereocenters. The number of aryl methyl sites for hydroxylation is 1. The van der Waals surface area contributed by atoms with Crippen molar-refractivity contribution in [3.8, 4) is 5.88 Å². The number of amides is 1. The van der Waals surface area contributed by atoms with E-state index in [1.165, 1.54) is 7.11 Å². The van der Waals surface area contributed by atoms with Gasteiger partial charge < -0.3 is 15.2 Å². The highest BCUT2D eigenvalue weighted by atomic mass is 35.5. The van der Waals surface area contributed by atoms with E-state index in [4.69, 9.17) is 16.3 Å². The van der Waals surface area contributed by atoms with Crippen molar-refractivity contribution in [1.29, 1.82) is 0 Å². The Morgan fingerprint density at radius 3 is 2.37 bits per heavy atom. The molecule has 2 aromatic rings. The quantitative estimate of drug-likeness (QED) is 0.777. The Morgan fingerprint density at radius 2 is 1.89 bits per heavy atom. The van der Waals surface area contributed by atoms with E-state index >= 15 is 0 Å². The van der Waals surface area contributed by atoms with E-state index in [1.807, 2.05) is 34.6 Å². The summed E-state index contributed by atoms with van der Waals surface area (Å²) in [5.41, 5.74) is 2.70. The summed E-state index contributed by atoms with van der Waals surface area (Å²) in [5.74, 6) is 0.100. The van der Waals surface area contributed by atoms with Gasteiger partial charge in [0.05, 0.1) is 7.11 Å². The summed E-state index contributed by atoms with van der Waals surface area (Å²) < 4.78 is 5.43. The Kier molecular flexibility index (Phi) is 6.50. The minimum atomic E-state index is -0.955. The molecule has 0 radical (unpaired) electrons. The highest BCUT2D eigenvalue weighted by Gasteiger charge is 2.29. The van der Waals surface area contributed by atoms with Crippen molar-refractivity contribution in [3.63, 3.8) is 0 Å². The number of nitrogens with zero attached hydrogens (tertiary/aromatic N) is 1. The van der Waals surface area contributed by atoms with Crippen LogP contribution in [0, 0.1) is 12.3 Å². The molecule has 1 aromatic carbocycles. The minimum Gasteiger partial charge on any atom is -0.479 e. The molecule has 2 N–H and O–H groups in total. The molecule has 1 aromatic heterocycles. The molecule has 27 heavy (non-hydrogen) atoms. The summed E-state index contributed by atoms with van der Waals surface area (Å²) in [7, 11) is 1.50. The monoisotopic (exact) mass is 390 g/mol. The lowest BCUT2D eigenvalue weighted by molar-refractivity contribution is -0.123. The lowest BCUT2D eigenvalue weighted by Crippen LogP contribution is -2.29. The molecule has 0 aliphatic rings. The molecule has 0 aliphatic heterocycles. The maximum absolute atomic E-state index is 12.6. The number of ether oxygens (including phenoxy) is 1. The summed E-state index contributed by atoms with van der Waals surface area (Å²) in [5, 5.41) is 14.7. The number of carbonyl (C=O) groups excluding carboxylic acids is 1. The zero-order chi connectivity index (χ0) is 20.4. The Bertz CT molecular complexity index is 827. The number of methoxy groups -OCH3 is 1. The Balaban J connectivity index is 2.69. The minimum absolute atomic E-state index is 0.182. The molecule has 2 rings (SSSR count). The van der Waals surface area contributed by atoms with Crippen LogP contribution in [-0.4, -0.2) is 23.1 Å². The van der Waals surface area contributed by atoms with Gasteiger partial charge in [-0.25, -0.2) is 4.98 Å². The summed E-state index contributed by atoms with van der Waals surface area (Å²) in [6.07, 6.45) is -0.302. The van der Waals surface area contributed by atoms with Crippen LogP contribution < -0.4 is 10.1 Å². The van der Waals surface area contributed by atoms with E-state index < -0.39 is 11.5 Å². The number of aliphatic hydroxyl groups is 1. The summed E-state index contributed by atoms with van der Waals surface area (Å²) in [4.78, 5) is 17.1. The predicted molar refractivity (Wildman–Crippen MR) is 109 cm³/mol. The Labute approximate surface area is 165 Å². The highest BCUT2D eigenvalue weighted by molar-refractivity contribution is 6.30. The molecular formula is C21H27ClN2O3. The van der Waals surface area contributed by atoms with Gasteiger partial charge in [-0.15, -0.1) is 0 Å². The van der Waals surface area contributed by atoms with Crippen molar-refractivity contribution in [1.82, 2.24) is 4.98 Å². The summed E-state index contributed by atoms with van der Waals surface area (Å²) >= 11 is 5.98. The molecule has 0 saturated carbocycles. The van der Waals surface area contributed by atoms with Gasteiger partial charge in [0, 0.05) is 21.7 Å². The van der Waals surface area contributed by atoms with Gasteiger partial charge in [0.25, 0.3) is 0 Å². The number of carbonyl (C=O) groups is 1. The van der Waals surface area contributed by atoms with Crippen molar-refractivity contribution in [2.24, 2.45) is 5.41 Å². The van der Waals surface area contributed by atoms with Crippen LogP contribution in [0.2, 0.25) is 5.02 Å². The molecule has 1 unspecified atom stereocenters. The lowest BCUT2D eigenvalue weighted by atomic mass is 9.91. The van der Waals surface area contributed by atoms with Crippen LogP contribution in [0.3, 0.4) is 0 Å². The average Bonchev–Trinajstić information content (AvgIpc) is 2.61. The standard InChI is InChI=1S/C21H27ClN2O3/c1-7-15-12(2)23-19(27-6)17(24-20(26)21(3,4)5)16(15)18(25)13-8-10-14(22)11-9-13/h8-11,18,25H,7H2,1-6H3,(H,24,26). The van der Waals surface area contributed by atoms with E-state index in [9.17, 15) is 9.90 Å². The van der Waals surface area contributed by atoms with Crippen LogP contribution >= 0.6 is 11.6 Å². The molecule has 1 heterocycles. The van der Waals surface area contributed by atoms with Crippen LogP contribution in [0.1, 0.15) is 56.2 Å². The first kappa shape index (κ1) is 21.2. The first-order chi connectivity index (χ1) is 12.6. The molecule has 0 spiro atoms. The molecule has 146 valence electrons. The van der Waals surface area contributed by atoms with Gasteiger partial charge in [0.2, 0.25) is 11.8 Å². The first-order valence-electron chi connectivity index (χ1n) is 8.92. The van der Waals surface area contributed by atoms with Crippen molar-refractivity contribution in [3.05, 3.63) is 51.7 Å². The number of rotatable bonds is 5. The van der Waals surface area contributed by atoms with Gasteiger partial charge in [-0.3, -0.25) is 4.79 Å². The van der Waals surface area contributed by atoms with Crippen LogP contribution in [0.5, 0.6) is 5.88 Å². The third kappa shape index (κ3) is 4.60. The van der Waals surface area contributed by atoms with Gasteiger partial charge >= 0.3 is 0 Å². The third-order valence-corrected chi connectivity index (χ3v) is 4.69. The number of hydrogen-bond acceptors (Lipinski definition) is 4. The Morgan fingerprint density at radius 1 is 1.30 bits per heavy atom. The molecule has 1 amide bonds. The van der Waals surface area contributed by atoms with Crippen molar-refractivity contribution in [2.75, 3.05) is 12.4 Å². The van der Waals surface area contributed by atoms with Gasteiger partial charge in [0.15, 0.2) is 0 Å². The molecule has 0 saturated heterocycles. The second-order valence-corrected chi connectivity index (χ2v) is 7.92. The number of hydrogen-bond donors (Lipinski definition) is 2. The van der Waals surface area contributed by atoms with Gasteiger partial charge in [-0.05, 0) is 36.6 Å². The topological polar surface area (TPSA) is 71.5 Å². The van der Waals surface area contributed by atoms with E-state index in [0.717, 1.165) is 11.3 Å². The van der Waals surface area contributed by atoms with Gasteiger partial charge in [-0.2, -0.15) is 0 Å². The summed E-state index contributed by atoms with van der Waals surface area (Å²) in [6.45, 7) is 9.34. The zero-order valence-corrected chi connectivity index (χ0v) is 17.4. The maximum atomic E-state index is 12.6. The van der Waals surface area contributed by atoms with Crippen molar-refractivity contribution in [2.45, 2.75) is 47.1 Å². The SMILES string of the molecule is CCc1c(C)nc(OC)c(NC(=O)C(C)(C)C)c1C(O)c1ccc(Cl)cc1. The second-order valence-electron chi connectivity index (χ2n) is 7.49. The molecular weight excluding hydrogens is 364 g/mol. The van der Waals surface area contributed by atoms with E-state index in [0.29, 0.717) is 28.3 Å². The number of anilines is 1. The first-order valence-corrected chi connectivity index (χ1v) is 9.30. The summed E-state index contributed by atoms with van der Waals surface area (Å²) in [6, 6.07) is 6.99. The largest absolute Gasteiger partial charge is 0.479 e. The third-order valence-electron chi connectivity index (χ3n) is 4.44. The van der Waals surface area contributed by atoms with Crippen LogP contribution in [0.15, 0.2) is 24.3 Å². The van der Waals surface area contributed by atoms with Gasteiger partial charge in [-0.1, -0.05) is 51.4 Å². The number of benzene rings is 1.